The fraction of sp³-hybridized carbons (Fsp3) is 0.368. The number of piperazine rings is 1. The van der Waals surface area contributed by atoms with E-state index >= 15 is 0 Å². The molecule has 0 aliphatic carbocycles. The van der Waals surface area contributed by atoms with Gasteiger partial charge in [0, 0.05) is 38.3 Å². The maximum Gasteiger partial charge on any atom is 0.131 e. The number of hydrogen-bond acceptors (Lipinski definition) is 3. The summed E-state index contributed by atoms with van der Waals surface area (Å²) < 4.78 is 20.0. The van der Waals surface area contributed by atoms with E-state index in [9.17, 15) is 4.39 Å². The molecule has 2 aromatic carbocycles. The third kappa shape index (κ3) is 4.09. The van der Waals surface area contributed by atoms with Gasteiger partial charge in [-0.15, -0.1) is 0 Å². The van der Waals surface area contributed by atoms with Gasteiger partial charge in [0.05, 0.1) is 6.61 Å². The number of nitrogens with one attached hydrogen (secondary N) is 1. The molecule has 1 fully saturated rings. The van der Waals surface area contributed by atoms with E-state index in [0.29, 0.717) is 12.2 Å². The Balaban J connectivity index is 1.77. The van der Waals surface area contributed by atoms with Crippen molar-refractivity contribution in [2.75, 3.05) is 32.8 Å². The number of ether oxygens (including phenoxy) is 1. The van der Waals surface area contributed by atoms with Crippen LogP contribution in [0.15, 0.2) is 42.5 Å². The highest BCUT2D eigenvalue weighted by Gasteiger charge is 2.12. The van der Waals surface area contributed by atoms with Crippen molar-refractivity contribution in [2.45, 2.75) is 13.5 Å². The van der Waals surface area contributed by atoms with Crippen LogP contribution in [0, 0.1) is 5.82 Å². The van der Waals surface area contributed by atoms with Crippen LogP contribution in [0.25, 0.3) is 11.1 Å². The van der Waals surface area contributed by atoms with Gasteiger partial charge < -0.3 is 10.1 Å². The van der Waals surface area contributed by atoms with Crippen molar-refractivity contribution in [3.63, 3.8) is 0 Å². The zero-order valence-corrected chi connectivity index (χ0v) is 13.5. The Kier molecular flexibility index (Phi) is 5.26. The average molecular weight is 314 g/mol. The first-order valence-corrected chi connectivity index (χ1v) is 8.21. The van der Waals surface area contributed by atoms with Crippen molar-refractivity contribution in [3.8, 4) is 16.9 Å². The summed E-state index contributed by atoms with van der Waals surface area (Å²) in [5, 5.41) is 3.33. The van der Waals surface area contributed by atoms with E-state index in [1.807, 2.05) is 43.3 Å². The number of hydrogen-bond donors (Lipinski definition) is 1. The lowest BCUT2D eigenvalue weighted by Gasteiger charge is -2.27. The lowest BCUT2D eigenvalue weighted by atomic mass is 10.0. The molecule has 1 N–H and O–H groups in total. The highest BCUT2D eigenvalue weighted by atomic mass is 19.1. The minimum atomic E-state index is -0.175. The lowest BCUT2D eigenvalue weighted by molar-refractivity contribution is 0.233. The van der Waals surface area contributed by atoms with Crippen molar-refractivity contribution in [1.29, 1.82) is 0 Å². The molecule has 1 aliphatic heterocycles. The normalized spacial score (nSPS) is 15.6. The Labute approximate surface area is 137 Å². The van der Waals surface area contributed by atoms with E-state index in [0.717, 1.165) is 49.6 Å². The van der Waals surface area contributed by atoms with Gasteiger partial charge in [-0.05, 0) is 36.2 Å². The molecule has 4 heteroatoms. The van der Waals surface area contributed by atoms with Gasteiger partial charge in [0.15, 0.2) is 0 Å². The van der Waals surface area contributed by atoms with Crippen LogP contribution in [0.2, 0.25) is 0 Å². The maximum atomic E-state index is 14.5. The maximum absolute atomic E-state index is 14.5. The second kappa shape index (κ2) is 7.57. The van der Waals surface area contributed by atoms with E-state index in [1.165, 1.54) is 0 Å². The van der Waals surface area contributed by atoms with Crippen molar-refractivity contribution in [1.82, 2.24) is 10.2 Å². The zero-order chi connectivity index (χ0) is 16.1. The van der Waals surface area contributed by atoms with E-state index in [1.54, 1.807) is 6.07 Å². The van der Waals surface area contributed by atoms with Gasteiger partial charge in [0.2, 0.25) is 0 Å². The molecular formula is C19H23FN2O. The van der Waals surface area contributed by atoms with Crippen LogP contribution in [0.3, 0.4) is 0 Å². The van der Waals surface area contributed by atoms with Gasteiger partial charge in [-0.1, -0.05) is 24.3 Å². The van der Waals surface area contributed by atoms with Crippen molar-refractivity contribution < 1.29 is 9.13 Å². The SMILES string of the molecule is CCOc1cccc(-c2ccc(CN3CCNCC3)cc2F)c1. The molecule has 0 spiro atoms. The second-order valence-electron chi connectivity index (χ2n) is 5.80. The summed E-state index contributed by atoms with van der Waals surface area (Å²) in [7, 11) is 0. The molecule has 2 aromatic rings. The highest BCUT2D eigenvalue weighted by Crippen LogP contribution is 2.27. The first-order chi connectivity index (χ1) is 11.3. The summed E-state index contributed by atoms with van der Waals surface area (Å²) >= 11 is 0. The molecule has 0 saturated carbocycles. The standard InChI is InChI=1S/C19H23FN2O/c1-2-23-17-5-3-4-16(13-17)18-7-6-15(12-19(18)20)14-22-10-8-21-9-11-22/h3-7,12-13,21H,2,8-11,14H2,1H3. The van der Waals surface area contributed by atoms with Gasteiger partial charge in [0.1, 0.15) is 11.6 Å². The first kappa shape index (κ1) is 16.0. The Morgan fingerprint density at radius 3 is 2.70 bits per heavy atom. The quantitative estimate of drug-likeness (QED) is 0.916. The molecule has 1 saturated heterocycles. The first-order valence-electron chi connectivity index (χ1n) is 8.21. The van der Waals surface area contributed by atoms with Crippen LogP contribution >= 0.6 is 0 Å². The third-order valence-electron chi connectivity index (χ3n) is 4.11. The second-order valence-corrected chi connectivity index (χ2v) is 5.80. The van der Waals surface area contributed by atoms with Crippen LogP contribution in [0.4, 0.5) is 4.39 Å². The summed E-state index contributed by atoms with van der Waals surface area (Å²) in [6, 6.07) is 13.1. The minimum Gasteiger partial charge on any atom is -0.494 e. The lowest BCUT2D eigenvalue weighted by Crippen LogP contribution is -2.42. The largest absolute Gasteiger partial charge is 0.494 e. The van der Waals surface area contributed by atoms with Crippen LogP contribution in [-0.4, -0.2) is 37.7 Å². The minimum absolute atomic E-state index is 0.175. The fourth-order valence-corrected chi connectivity index (χ4v) is 2.94. The van der Waals surface area contributed by atoms with Gasteiger partial charge >= 0.3 is 0 Å². The molecule has 3 rings (SSSR count). The molecule has 1 aliphatic rings. The molecular weight excluding hydrogens is 291 g/mol. The molecule has 0 atom stereocenters. The Bertz CT molecular complexity index is 654. The summed E-state index contributed by atoms with van der Waals surface area (Å²) in [5.74, 6) is 0.598. The molecule has 0 radical (unpaired) electrons. The van der Waals surface area contributed by atoms with Gasteiger partial charge in [-0.3, -0.25) is 4.90 Å². The zero-order valence-electron chi connectivity index (χ0n) is 13.5. The van der Waals surface area contributed by atoms with Crippen molar-refractivity contribution in [3.05, 3.63) is 53.8 Å². The topological polar surface area (TPSA) is 24.5 Å². The van der Waals surface area contributed by atoms with Crippen molar-refractivity contribution >= 4 is 0 Å². The third-order valence-corrected chi connectivity index (χ3v) is 4.11. The monoisotopic (exact) mass is 314 g/mol. The summed E-state index contributed by atoms with van der Waals surface area (Å²) in [5.41, 5.74) is 2.49. The number of rotatable bonds is 5. The molecule has 0 bridgehead atoms. The van der Waals surface area contributed by atoms with Gasteiger partial charge in [-0.25, -0.2) is 4.39 Å². The smallest absolute Gasteiger partial charge is 0.131 e. The highest BCUT2D eigenvalue weighted by molar-refractivity contribution is 5.66. The average Bonchev–Trinajstić information content (AvgIpc) is 2.56. The van der Waals surface area contributed by atoms with Crippen LogP contribution in [0.5, 0.6) is 5.75 Å². The molecule has 0 aromatic heterocycles. The summed E-state index contributed by atoms with van der Waals surface area (Å²) in [6.07, 6.45) is 0. The van der Waals surface area contributed by atoms with E-state index < -0.39 is 0 Å². The summed E-state index contributed by atoms with van der Waals surface area (Å²) in [6.45, 7) is 7.39. The van der Waals surface area contributed by atoms with Crippen molar-refractivity contribution in [2.24, 2.45) is 0 Å². The molecule has 23 heavy (non-hydrogen) atoms. The Morgan fingerprint density at radius 2 is 1.96 bits per heavy atom. The van der Waals surface area contributed by atoms with Gasteiger partial charge in [0.25, 0.3) is 0 Å². The molecule has 0 unspecified atom stereocenters. The van der Waals surface area contributed by atoms with E-state index in [2.05, 4.69) is 10.2 Å². The van der Waals surface area contributed by atoms with E-state index in [4.69, 9.17) is 4.74 Å². The van der Waals surface area contributed by atoms with Crippen LogP contribution in [0.1, 0.15) is 12.5 Å². The number of benzene rings is 2. The molecule has 3 nitrogen and oxygen atoms in total. The Hall–Kier alpha value is -1.91. The summed E-state index contributed by atoms with van der Waals surface area (Å²) in [4.78, 5) is 2.35. The molecule has 0 amide bonds. The Morgan fingerprint density at radius 1 is 1.13 bits per heavy atom. The number of nitrogens with zero attached hydrogens (tertiary/aromatic N) is 1. The fourth-order valence-electron chi connectivity index (χ4n) is 2.94. The number of halogens is 1. The van der Waals surface area contributed by atoms with Crippen LogP contribution in [-0.2, 0) is 6.54 Å². The van der Waals surface area contributed by atoms with Gasteiger partial charge in [-0.2, -0.15) is 0 Å². The van der Waals surface area contributed by atoms with E-state index in [-0.39, 0.29) is 5.82 Å². The predicted molar refractivity (Wildman–Crippen MR) is 91.2 cm³/mol. The molecule has 122 valence electrons. The van der Waals surface area contributed by atoms with Crippen LogP contribution < -0.4 is 10.1 Å². The molecule has 1 heterocycles. The predicted octanol–water partition coefficient (Wildman–Crippen LogP) is 3.30.